The fourth-order valence-corrected chi connectivity index (χ4v) is 1.16. The normalized spacial score (nSPS) is 11.6. The van der Waals surface area contributed by atoms with E-state index in [1.54, 1.807) is 19.1 Å². The first-order valence-electron chi connectivity index (χ1n) is 4.27. The number of nitrogens with two attached hydrogens (primary N) is 1. The summed E-state index contributed by atoms with van der Waals surface area (Å²) in [5.74, 6) is -0.197. The zero-order valence-corrected chi connectivity index (χ0v) is 8.98. The van der Waals surface area contributed by atoms with Gasteiger partial charge in [-0.1, -0.05) is 18.2 Å². The van der Waals surface area contributed by atoms with Crippen LogP contribution < -0.4 is 5.73 Å². The second kappa shape index (κ2) is 5.78. The van der Waals surface area contributed by atoms with Gasteiger partial charge in [-0.05, 0) is 30.5 Å². The first-order chi connectivity index (χ1) is 6.15. The zero-order chi connectivity index (χ0) is 9.84. The molecule has 1 aromatic carbocycles. The summed E-state index contributed by atoms with van der Waals surface area (Å²) in [6.07, 6.45) is 2.41. The highest BCUT2D eigenvalue weighted by atomic mass is 35.5. The van der Waals surface area contributed by atoms with Crippen LogP contribution in [0.3, 0.4) is 0 Å². The molecule has 0 aliphatic rings. The van der Waals surface area contributed by atoms with E-state index in [1.165, 1.54) is 6.07 Å². The summed E-state index contributed by atoms with van der Waals surface area (Å²) in [5, 5.41) is 0. The SMILES string of the molecule is C=CC[C@@H](N)c1ccc(C)c(F)c1.Cl. The Morgan fingerprint density at radius 1 is 1.57 bits per heavy atom. The van der Waals surface area contributed by atoms with Gasteiger partial charge in [0.15, 0.2) is 0 Å². The smallest absolute Gasteiger partial charge is 0.126 e. The van der Waals surface area contributed by atoms with E-state index in [1.807, 2.05) is 6.07 Å². The summed E-state index contributed by atoms with van der Waals surface area (Å²) in [4.78, 5) is 0. The van der Waals surface area contributed by atoms with E-state index in [0.29, 0.717) is 12.0 Å². The van der Waals surface area contributed by atoms with Crippen molar-refractivity contribution < 1.29 is 4.39 Å². The second-order valence-corrected chi connectivity index (χ2v) is 3.14. The Balaban J connectivity index is 0.00000169. The van der Waals surface area contributed by atoms with E-state index in [4.69, 9.17) is 5.73 Å². The van der Waals surface area contributed by atoms with Crippen LogP contribution in [0.2, 0.25) is 0 Å². The molecule has 0 heterocycles. The highest BCUT2D eigenvalue weighted by Gasteiger charge is 2.05. The van der Waals surface area contributed by atoms with E-state index in [2.05, 4.69) is 6.58 Å². The van der Waals surface area contributed by atoms with Gasteiger partial charge >= 0.3 is 0 Å². The minimum atomic E-state index is -0.197. The first-order valence-corrected chi connectivity index (χ1v) is 4.27. The predicted octanol–water partition coefficient (Wildman–Crippen LogP) is 3.13. The topological polar surface area (TPSA) is 26.0 Å². The van der Waals surface area contributed by atoms with Crippen LogP contribution in [0, 0.1) is 12.7 Å². The Kier molecular flexibility index (Phi) is 5.43. The standard InChI is InChI=1S/C11H14FN.ClH/c1-3-4-11(13)9-6-5-8(2)10(12)7-9;/h3,5-7,11H,1,4,13H2,2H3;1H/t11-;/m1./s1. The molecule has 0 unspecified atom stereocenters. The number of benzene rings is 1. The van der Waals surface area contributed by atoms with Gasteiger partial charge in [0.2, 0.25) is 0 Å². The number of halogens is 2. The summed E-state index contributed by atoms with van der Waals surface area (Å²) in [6.45, 7) is 5.33. The molecule has 0 fully saturated rings. The van der Waals surface area contributed by atoms with Gasteiger partial charge in [0.1, 0.15) is 5.82 Å². The monoisotopic (exact) mass is 215 g/mol. The molecule has 3 heteroatoms. The Hall–Kier alpha value is -0.860. The summed E-state index contributed by atoms with van der Waals surface area (Å²) in [6, 6.07) is 4.94. The van der Waals surface area contributed by atoms with Crippen LogP contribution in [-0.4, -0.2) is 0 Å². The van der Waals surface area contributed by atoms with E-state index >= 15 is 0 Å². The van der Waals surface area contributed by atoms with Crippen LogP contribution in [0.1, 0.15) is 23.6 Å². The highest BCUT2D eigenvalue weighted by Crippen LogP contribution is 2.17. The quantitative estimate of drug-likeness (QED) is 0.771. The molecule has 0 aliphatic carbocycles. The molecule has 0 saturated carbocycles. The molecule has 0 amide bonds. The maximum absolute atomic E-state index is 13.1. The third kappa shape index (κ3) is 3.13. The number of aryl methyl sites for hydroxylation is 1. The molecule has 1 rings (SSSR count). The summed E-state index contributed by atoms with van der Waals surface area (Å²) in [7, 11) is 0. The molecule has 0 radical (unpaired) electrons. The van der Waals surface area contributed by atoms with Crippen LogP contribution in [-0.2, 0) is 0 Å². The van der Waals surface area contributed by atoms with Crippen molar-refractivity contribution in [3.05, 3.63) is 47.8 Å². The van der Waals surface area contributed by atoms with Gasteiger partial charge in [-0.3, -0.25) is 0 Å². The maximum atomic E-state index is 13.1. The van der Waals surface area contributed by atoms with Gasteiger partial charge in [-0.25, -0.2) is 4.39 Å². The van der Waals surface area contributed by atoms with Gasteiger partial charge in [-0.15, -0.1) is 19.0 Å². The Labute approximate surface area is 90.2 Å². The molecular weight excluding hydrogens is 201 g/mol. The predicted molar refractivity (Wildman–Crippen MR) is 60.1 cm³/mol. The molecule has 0 aliphatic heterocycles. The van der Waals surface area contributed by atoms with Gasteiger partial charge in [0.05, 0.1) is 0 Å². The summed E-state index contributed by atoms with van der Waals surface area (Å²) >= 11 is 0. The van der Waals surface area contributed by atoms with Gasteiger partial charge in [0.25, 0.3) is 0 Å². The lowest BCUT2D eigenvalue weighted by molar-refractivity contribution is 0.611. The molecule has 2 N–H and O–H groups in total. The molecule has 0 bridgehead atoms. The van der Waals surface area contributed by atoms with Crippen molar-refractivity contribution >= 4 is 12.4 Å². The van der Waals surface area contributed by atoms with Crippen molar-refractivity contribution in [3.8, 4) is 0 Å². The second-order valence-electron chi connectivity index (χ2n) is 3.14. The number of hydrogen-bond acceptors (Lipinski definition) is 1. The third-order valence-electron chi connectivity index (χ3n) is 2.04. The maximum Gasteiger partial charge on any atom is 0.126 e. The minimum absolute atomic E-state index is 0. The van der Waals surface area contributed by atoms with Crippen LogP contribution >= 0.6 is 12.4 Å². The van der Waals surface area contributed by atoms with Crippen molar-refractivity contribution in [3.63, 3.8) is 0 Å². The van der Waals surface area contributed by atoms with Crippen molar-refractivity contribution in [1.82, 2.24) is 0 Å². The number of rotatable bonds is 3. The molecule has 1 nitrogen and oxygen atoms in total. The molecule has 78 valence electrons. The van der Waals surface area contributed by atoms with Crippen LogP contribution in [0.5, 0.6) is 0 Å². The summed E-state index contributed by atoms with van der Waals surface area (Å²) in [5.41, 5.74) is 7.26. The fourth-order valence-electron chi connectivity index (χ4n) is 1.16. The van der Waals surface area contributed by atoms with E-state index < -0.39 is 0 Å². The Bertz CT molecular complexity index is 312. The average Bonchev–Trinajstić information content (AvgIpc) is 2.10. The highest BCUT2D eigenvalue weighted by molar-refractivity contribution is 5.85. The third-order valence-corrected chi connectivity index (χ3v) is 2.04. The lowest BCUT2D eigenvalue weighted by atomic mass is 10.0. The van der Waals surface area contributed by atoms with E-state index in [-0.39, 0.29) is 24.3 Å². The lowest BCUT2D eigenvalue weighted by Crippen LogP contribution is -2.09. The van der Waals surface area contributed by atoms with Gasteiger partial charge < -0.3 is 5.73 Å². The molecule has 1 aromatic rings. The average molecular weight is 216 g/mol. The van der Waals surface area contributed by atoms with Crippen LogP contribution in [0.15, 0.2) is 30.9 Å². The Morgan fingerprint density at radius 2 is 2.21 bits per heavy atom. The van der Waals surface area contributed by atoms with E-state index in [9.17, 15) is 4.39 Å². The first kappa shape index (κ1) is 13.1. The lowest BCUT2D eigenvalue weighted by Gasteiger charge is -2.09. The zero-order valence-electron chi connectivity index (χ0n) is 8.16. The molecule has 14 heavy (non-hydrogen) atoms. The Morgan fingerprint density at radius 3 is 2.71 bits per heavy atom. The molecule has 0 saturated heterocycles. The largest absolute Gasteiger partial charge is 0.324 e. The fraction of sp³-hybridized carbons (Fsp3) is 0.273. The van der Waals surface area contributed by atoms with Crippen molar-refractivity contribution in [2.45, 2.75) is 19.4 Å². The van der Waals surface area contributed by atoms with Crippen molar-refractivity contribution in [1.29, 1.82) is 0 Å². The molecule has 1 atom stereocenters. The van der Waals surface area contributed by atoms with Crippen LogP contribution in [0.4, 0.5) is 4.39 Å². The number of hydrogen-bond donors (Lipinski definition) is 1. The molecule has 0 spiro atoms. The van der Waals surface area contributed by atoms with Crippen molar-refractivity contribution in [2.24, 2.45) is 5.73 Å². The van der Waals surface area contributed by atoms with Crippen molar-refractivity contribution in [2.75, 3.05) is 0 Å². The van der Waals surface area contributed by atoms with Crippen LogP contribution in [0.25, 0.3) is 0 Å². The van der Waals surface area contributed by atoms with Gasteiger partial charge in [0, 0.05) is 6.04 Å². The minimum Gasteiger partial charge on any atom is -0.324 e. The van der Waals surface area contributed by atoms with E-state index in [0.717, 1.165) is 5.56 Å². The molecule has 0 aromatic heterocycles. The molecular formula is C11H15ClFN. The van der Waals surface area contributed by atoms with Gasteiger partial charge in [-0.2, -0.15) is 0 Å². The summed E-state index contributed by atoms with van der Waals surface area (Å²) < 4.78 is 13.1.